The molecular formula is C11H17N3. The van der Waals surface area contributed by atoms with Crippen molar-refractivity contribution in [3.05, 3.63) is 23.8 Å². The number of nitrogens with zero attached hydrogens (tertiary/aromatic N) is 3. The van der Waals surface area contributed by atoms with Crippen molar-refractivity contribution in [1.29, 1.82) is 0 Å². The van der Waals surface area contributed by atoms with Gasteiger partial charge in [0.1, 0.15) is 0 Å². The SMILES string of the molecule is CCC(C)(C)N1Cc2nccnc2C1. The largest absolute Gasteiger partial charge is 0.286 e. The van der Waals surface area contributed by atoms with Gasteiger partial charge in [-0.1, -0.05) is 6.92 Å². The highest BCUT2D eigenvalue weighted by Crippen LogP contribution is 2.28. The Balaban J connectivity index is 2.19. The van der Waals surface area contributed by atoms with E-state index < -0.39 is 0 Å². The van der Waals surface area contributed by atoms with Gasteiger partial charge in [-0.15, -0.1) is 0 Å². The van der Waals surface area contributed by atoms with Crippen molar-refractivity contribution < 1.29 is 0 Å². The van der Waals surface area contributed by atoms with Crippen molar-refractivity contribution in [1.82, 2.24) is 14.9 Å². The van der Waals surface area contributed by atoms with Crippen LogP contribution in [0.5, 0.6) is 0 Å². The second kappa shape index (κ2) is 3.31. The maximum atomic E-state index is 4.35. The van der Waals surface area contributed by atoms with E-state index in [2.05, 4.69) is 35.6 Å². The third-order valence-corrected chi connectivity index (χ3v) is 3.26. The van der Waals surface area contributed by atoms with Crippen LogP contribution in [0.2, 0.25) is 0 Å². The maximum Gasteiger partial charge on any atom is 0.0772 e. The molecule has 0 fully saturated rings. The highest BCUT2D eigenvalue weighted by Gasteiger charge is 2.31. The molecule has 2 rings (SSSR count). The zero-order valence-electron chi connectivity index (χ0n) is 9.12. The van der Waals surface area contributed by atoms with E-state index in [1.807, 2.05) is 0 Å². The van der Waals surface area contributed by atoms with Crippen molar-refractivity contribution in [2.24, 2.45) is 0 Å². The van der Waals surface area contributed by atoms with Gasteiger partial charge in [-0.2, -0.15) is 0 Å². The lowest BCUT2D eigenvalue weighted by Gasteiger charge is -2.33. The quantitative estimate of drug-likeness (QED) is 0.715. The average Bonchev–Trinajstić information content (AvgIpc) is 2.61. The van der Waals surface area contributed by atoms with Gasteiger partial charge in [0.05, 0.1) is 11.4 Å². The molecule has 0 aliphatic carbocycles. The molecule has 0 radical (unpaired) electrons. The molecule has 0 amide bonds. The molecule has 0 spiro atoms. The molecule has 2 heterocycles. The summed E-state index contributed by atoms with van der Waals surface area (Å²) < 4.78 is 0. The monoisotopic (exact) mass is 191 g/mol. The molecule has 0 bridgehead atoms. The van der Waals surface area contributed by atoms with E-state index in [-0.39, 0.29) is 5.54 Å². The molecular weight excluding hydrogens is 174 g/mol. The van der Waals surface area contributed by atoms with Gasteiger partial charge in [0, 0.05) is 31.0 Å². The van der Waals surface area contributed by atoms with E-state index in [1.54, 1.807) is 12.4 Å². The van der Waals surface area contributed by atoms with E-state index in [0.717, 1.165) is 30.9 Å². The number of fused-ring (bicyclic) bond motifs is 1. The Morgan fingerprint density at radius 2 is 1.71 bits per heavy atom. The number of rotatable bonds is 2. The fourth-order valence-electron chi connectivity index (χ4n) is 1.73. The van der Waals surface area contributed by atoms with Crippen molar-refractivity contribution in [2.75, 3.05) is 0 Å². The summed E-state index contributed by atoms with van der Waals surface area (Å²) in [6, 6.07) is 0. The molecule has 1 aliphatic rings. The second-order valence-corrected chi connectivity index (χ2v) is 4.47. The van der Waals surface area contributed by atoms with Crippen LogP contribution in [0.1, 0.15) is 38.6 Å². The topological polar surface area (TPSA) is 29.0 Å². The first-order chi connectivity index (χ1) is 6.63. The van der Waals surface area contributed by atoms with Gasteiger partial charge in [-0.3, -0.25) is 14.9 Å². The lowest BCUT2D eigenvalue weighted by Crippen LogP contribution is -2.39. The first-order valence-corrected chi connectivity index (χ1v) is 5.17. The van der Waals surface area contributed by atoms with Gasteiger partial charge >= 0.3 is 0 Å². The predicted molar refractivity (Wildman–Crippen MR) is 55.6 cm³/mol. The Labute approximate surface area is 85.2 Å². The van der Waals surface area contributed by atoms with Crippen molar-refractivity contribution in [3.63, 3.8) is 0 Å². The fourth-order valence-corrected chi connectivity index (χ4v) is 1.73. The van der Waals surface area contributed by atoms with Crippen LogP contribution in [0.15, 0.2) is 12.4 Å². The standard InChI is InChI=1S/C11H17N3/c1-4-11(2,3)14-7-9-10(8-14)13-6-5-12-9/h5-6H,4,7-8H2,1-3H3. The number of aromatic nitrogens is 2. The molecule has 76 valence electrons. The van der Waals surface area contributed by atoms with E-state index in [1.165, 1.54) is 0 Å². The molecule has 0 N–H and O–H groups in total. The van der Waals surface area contributed by atoms with E-state index >= 15 is 0 Å². The lowest BCUT2D eigenvalue weighted by atomic mass is 10.00. The third kappa shape index (κ3) is 1.52. The smallest absolute Gasteiger partial charge is 0.0772 e. The Hall–Kier alpha value is -0.960. The van der Waals surface area contributed by atoms with Crippen LogP contribution in [0.4, 0.5) is 0 Å². The zero-order valence-corrected chi connectivity index (χ0v) is 9.12. The minimum absolute atomic E-state index is 0.252. The molecule has 0 atom stereocenters. The Morgan fingerprint density at radius 3 is 2.14 bits per heavy atom. The van der Waals surface area contributed by atoms with Crippen LogP contribution < -0.4 is 0 Å². The highest BCUT2D eigenvalue weighted by atomic mass is 15.2. The van der Waals surface area contributed by atoms with Crippen LogP contribution >= 0.6 is 0 Å². The third-order valence-electron chi connectivity index (χ3n) is 3.26. The van der Waals surface area contributed by atoms with Gasteiger partial charge in [-0.25, -0.2) is 0 Å². The summed E-state index contributed by atoms with van der Waals surface area (Å²) in [6.45, 7) is 8.68. The van der Waals surface area contributed by atoms with Crippen molar-refractivity contribution in [3.8, 4) is 0 Å². The molecule has 1 aromatic heterocycles. The van der Waals surface area contributed by atoms with E-state index in [4.69, 9.17) is 0 Å². The lowest BCUT2D eigenvalue weighted by molar-refractivity contribution is 0.113. The molecule has 1 aromatic rings. The minimum Gasteiger partial charge on any atom is -0.286 e. The van der Waals surface area contributed by atoms with Gasteiger partial charge in [0.15, 0.2) is 0 Å². The Morgan fingerprint density at radius 1 is 1.21 bits per heavy atom. The molecule has 0 aromatic carbocycles. The predicted octanol–water partition coefficient (Wildman–Crippen LogP) is 1.98. The minimum atomic E-state index is 0.252. The summed E-state index contributed by atoms with van der Waals surface area (Å²) in [5.41, 5.74) is 2.55. The molecule has 1 aliphatic heterocycles. The summed E-state index contributed by atoms with van der Waals surface area (Å²) in [5, 5.41) is 0. The Kier molecular flexibility index (Phi) is 2.27. The van der Waals surface area contributed by atoms with Gasteiger partial charge < -0.3 is 0 Å². The van der Waals surface area contributed by atoms with Gasteiger partial charge in [0.2, 0.25) is 0 Å². The summed E-state index contributed by atoms with van der Waals surface area (Å²) in [7, 11) is 0. The van der Waals surface area contributed by atoms with Crippen LogP contribution in [-0.2, 0) is 13.1 Å². The van der Waals surface area contributed by atoms with Gasteiger partial charge in [-0.05, 0) is 20.3 Å². The van der Waals surface area contributed by atoms with Crippen LogP contribution in [-0.4, -0.2) is 20.4 Å². The number of hydrogen-bond acceptors (Lipinski definition) is 3. The highest BCUT2D eigenvalue weighted by molar-refractivity contribution is 5.16. The number of hydrogen-bond donors (Lipinski definition) is 0. The van der Waals surface area contributed by atoms with Crippen molar-refractivity contribution >= 4 is 0 Å². The first-order valence-electron chi connectivity index (χ1n) is 5.17. The average molecular weight is 191 g/mol. The summed E-state index contributed by atoms with van der Waals surface area (Å²) in [4.78, 5) is 11.1. The van der Waals surface area contributed by atoms with Crippen molar-refractivity contribution in [2.45, 2.75) is 45.8 Å². The molecule has 14 heavy (non-hydrogen) atoms. The van der Waals surface area contributed by atoms with E-state index in [0.29, 0.717) is 0 Å². The summed E-state index contributed by atoms with van der Waals surface area (Å²) in [5.74, 6) is 0. The zero-order chi connectivity index (χ0) is 10.2. The first kappa shape index (κ1) is 9.59. The van der Waals surface area contributed by atoms with Crippen LogP contribution in [0.25, 0.3) is 0 Å². The van der Waals surface area contributed by atoms with Crippen LogP contribution in [0.3, 0.4) is 0 Å². The molecule has 0 unspecified atom stereocenters. The van der Waals surface area contributed by atoms with Crippen LogP contribution in [0, 0.1) is 0 Å². The summed E-state index contributed by atoms with van der Waals surface area (Å²) >= 11 is 0. The summed E-state index contributed by atoms with van der Waals surface area (Å²) in [6.07, 6.45) is 4.71. The van der Waals surface area contributed by atoms with E-state index in [9.17, 15) is 0 Å². The van der Waals surface area contributed by atoms with Gasteiger partial charge in [0.25, 0.3) is 0 Å². The molecule has 3 heteroatoms. The molecule has 0 saturated heterocycles. The fraction of sp³-hybridized carbons (Fsp3) is 0.636. The maximum absolute atomic E-state index is 4.35. The Bertz CT molecular complexity index is 308. The molecule has 3 nitrogen and oxygen atoms in total. The molecule has 0 saturated carbocycles. The normalized spacial score (nSPS) is 17.1. The second-order valence-electron chi connectivity index (χ2n) is 4.47.